The molecule has 0 aliphatic carbocycles. The molecule has 0 aliphatic heterocycles. The Morgan fingerprint density at radius 2 is 2.00 bits per heavy atom. The molecule has 2 N–H and O–H groups in total. The number of anilines is 1. The maximum atomic E-state index is 12.7. The molecule has 0 unspecified atom stereocenters. The van der Waals surface area contributed by atoms with Crippen molar-refractivity contribution in [3.63, 3.8) is 0 Å². The van der Waals surface area contributed by atoms with Gasteiger partial charge in [0.05, 0.1) is 4.90 Å². The van der Waals surface area contributed by atoms with Gasteiger partial charge < -0.3 is 5.73 Å². The molecule has 0 aliphatic rings. The van der Waals surface area contributed by atoms with Crippen LogP contribution in [0.5, 0.6) is 0 Å². The number of sulfonamides is 1. The molecule has 0 atom stereocenters. The highest BCUT2D eigenvalue weighted by atomic mass is 32.2. The van der Waals surface area contributed by atoms with Gasteiger partial charge >= 0.3 is 0 Å². The number of rotatable bonds is 4. The van der Waals surface area contributed by atoms with Crippen LogP contribution in [-0.4, -0.2) is 19.8 Å². The van der Waals surface area contributed by atoms with E-state index in [-0.39, 0.29) is 4.90 Å². The van der Waals surface area contributed by atoms with Crippen LogP contribution in [-0.2, 0) is 16.6 Å². The van der Waals surface area contributed by atoms with Crippen LogP contribution in [0.3, 0.4) is 0 Å². The molecule has 0 amide bonds. The lowest BCUT2D eigenvalue weighted by Crippen LogP contribution is -2.27. The van der Waals surface area contributed by atoms with Gasteiger partial charge in [-0.1, -0.05) is 6.07 Å². The van der Waals surface area contributed by atoms with E-state index in [0.29, 0.717) is 17.8 Å². The third kappa shape index (κ3) is 2.87. The number of nitrogen functional groups attached to an aromatic ring is 1. The highest BCUT2D eigenvalue weighted by Crippen LogP contribution is 2.26. The number of nitrogens with two attached hydrogens (primary N) is 1. The topological polar surface area (TPSA) is 63.4 Å². The van der Waals surface area contributed by atoms with Crippen LogP contribution in [0.1, 0.15) is 16.0 Å². The minimum atomic E-state index is -3.53. The van der Waals surface area contributed by atoms with E-state index in [1.165, 1.54) is 4.31 Å². The number of thiophene rings is 1. The molecular formula is C14H18N2O2S2. The predicted molar refractivity (Wildman–Crippen MR) is 83.3 cm³/mol. The summed E-state index contributed by atoms with van der Waals surface area (Å²) in [5.74, 6) is 0. The van der Waals surface area contributed by atoms with Gasteiger partial charge in [0.25, 0.3) is 0 Å². The Balaban J connectivity index is 2.40. The maximum absolute atomic E-state index is 12.7. The molecule has 2 aromatic rings. The first kappa shape index (κ1) is 15.0. The molecule has 0 saturated carbocycles. The normalized spacial score (nSPS) is 12.0. The van der Waals surface area contributed by atoms with Crippen LogP contribution in [0.2, 0.25) is 0 Å². The fourth-order valence-corrected chi connectivity index (χ4v) is 4.32. The SMILES string of the molecule is Cc1cc(N)c(C)c(S(=O)(=O)N(C)Cc2cccs2)c1. The molecule has 0 bridgehead atoms. The minimum absolute atomic E-state index is 0.286. The second-order valence-corrected chi connectivity index (χ2v) is 7.86. The highest BCUT2D eigenvalue weighted by Gasteiger charge is 2.24. The summed E-state index contributed by atoms with van der Waals surface area (Å²) in [5, 5.41) is 1.94. The van der Waals surface area contributed by atoms with Crippen LogP contribution >= 0.6 is 11.3 Å². The van der Waals surface area contributed by atoms with Crippen LogP contribution in [0.15, 0.2) is 34.5 Å². The van der Waals surface area contributed by atoms with E-state index in [4.69, 9.17) is 5.73 Å². The Morgan fingerprint density at radius 3 is 2.60 bits per heavy atom. The summed E-state index contributed by atoms with van der Waals surface area (Å²) < 4.78 is 26.7. The summed E-state index contributed by atoms with van der Waals surface area (Å²) in [7, 11) is -1.94. The average molecular weight is 310 g/mol. The van der Waals surface area contributed by atoms with Gasteiger partial charge in [0.15, 0.2) is 0 Å². The van der Waals surface area contributed by atoms with Crippen LogP contribution < -0.4 is 5.73 Å². The minimum Gasteiger partial charge on any atom is -0.398 e. The molecule has 0 radical (unpaired) electrons. The lowest BCUT2D eigenvalue weighted by molar-refractivity contribution is 0.469. The molecule has 20 heavy (non-hydrogen) atoms. The summed E-state index contributed by atoms with van der Waals surface area (Å²) in [6.45, 7) is 3.95. The average Bonchev–Trinajstić information content (AvgIpc) is 2.86. The Hall–Kier alpha value is -1.37. The lowest BCUT2D eigenvalue weighted by Gasteiger charge is -2.19. The zero-order chi connectivity index (χ0) is 14.9. The number of hydrogen-bond acceptors (Lipinski definition) is 4. The van der Waals surface area contributed by atoms with Crippen molar-refractivity contribution in [2.45, 2.75) is 25.3 Å². The summed E-state index contributed by atoms with van der Waals surface area (Å²) in [6.07, 6.45) is 0. The molecule has 0 fully saturated rings. The van der Waals surface area contributed by atoms with Crippen molar-refractivity contribution in [1.82, 2.24) is 4.31 Å². The van der Waals surface area contributed by atoms with E-state index in [2.05, 4.69) is 0 Å². The van der Waals surface area contributed by atoms with Gasteiger partial charge in [-0.05, 0) is 48.6 Å². The zero-order valence-corrected chi connectivity index (χ0v) is 13.4. The van der Waals surface area contributed by atoms with Crippen LogP contribution in [0, 0.1) is 13.8 Å². The van der Waals surface area contributed by atoms with Crippen molar-refractivity contribution in [1.29, 1.82) is 0 Å². The number of nitrogens with zero attached hydrogens (tertiary/aromatic N) is 1. The van der Waals surface area contributed by atoms with Gasteiger partial charge in [0.2, 0.25) is 10.0 Å². The van der Waals surface area contributed by atoms with E-state index in [0.717, 1.165) is 10.4 Å². The molecule has 4 nitrogen and oxygen atoms in total. The Kier molecular flexibility index (Phi) is 4.17. The molecule has 2 rings (SSSR count). The first-order valence-electron chi connectivity index (χ1n) is 6.18. The molecule has 1 heterocycles. The van der Waals surface area contributed by atoms with Crippen molar-refractivity contribution in [3.05, 3.63) is 45.6 Å². The van der Waals surface area contributed by atoms with Gasteiger partial charge in [0.1, 0.15) is 0 Å². The van der Waals surface area contributed by atoms with Gasteiger partial charge in [-0.2, -0.15) is 4.31 Å². The summed E-state index contributed by atoms with van der Waals surface area (Å²) >= 11 is 1.54. The van der Waals surface area contributed by atoms with E-state index in [1.54, 1.807) is 37.4 Å². The maximum Gasteiger partial charge on any atom is 0.243 e. The second kappa shape index (κ2) is 5.55. The molecular weight excluding hydrogens is 292 g/mol. The zero-order valence-electron chi connectivity index (χ0n) is 11.8. The smallest absolute Gasteiger partial charge is 0.243 e. The molecule has 1 aromatic heterocycles. The summed E-state index contributed by atoms with van der Waals surface area (Å²) in [4.78, 5) is 1.29. The Morgan fingerprint density at radius 1 is 1.30 bits per heavy atom. The molecule has 0 saturated heterocycles. The third-order valence-electron chi connectivity index (χ3n) is 3.19. The van der Waals surface area contributed by atoms with E-state index in [1.807, 2.05) is 24.4 Å². The molecule has 1 aromatic carbocycles. The fraction of sp³-hybridized carbons (Fsp3) is 0.286. The lowest BCUT2D eigenvalue weighted by atomic mass is 10.1. The standard InChI is InChI=1S/C14H18N2O2S2/c1-10-7-13(15)11(2)14(8-10)20(17,18)16(3)9-12-5-4-6-19-12/h4-8H,9,15H2,1-3H3. The predicted octanol–water partition coefficient (Wildman–Crippen LogP) is 2.77. The highest BCUT2D eigenvalue weighted by molar-refractivity contribution is 7.89. The van der Waals surface area contributed by atoms with E-state index >= 15 is 0 Å². The third-order valence-corrected chi connectivity index (χ3v) is 5.98. The first-order chi connectivity index (χ1) is 9.32. The molecule has 108 valence electrons. The van der Waals surface area contributed by atoms with Crippen molar-refractivity contribution in [2.24, 2.45) is 0 Å². The van der Waals surface area contributed by atoms with Gasteiger partial charge in [0, 0.05) is 24.2 Å². The monoisotopic (exact) mass is 310 g/mol. The van der Waals surface area contributed by atoms with Crippen molar-refractivity contribution in [2.75, 3.05) is 12.8 Å². The van der Waals surface area contributed by atoms with Crippen molar-refractivity contribution < 1.29 is 8.42 Å². The Labute approximate surface area is 123 Å². The quantitative estimate of drug-likeness (QED) is 0.883. The molecule has 0 spiro atoms. The Bertz CT molecular complexity index is 707. The van der Waals surface area contributed by atoms with Gasteiger partial charge in [-0.25, -0.2) is 8.42 Å². The fourth-order valence-electron chi connectivity index (χ4n) is 2.00. The van der Waals surface area contributed by atoms with Gasteiger partial charge in [-0.3, -0.25) is 0 Å². The molecule has 6 heteroatoms. The largest absolute Gasteiger partial charge is 0.398 e. The number of benzene rings is 1. The summed E-state index contributed by atoms with van der Waals surface area (Å²) in [6, 6.07) is 7.30. The first-order valence-corrected chi connectivity index (χ1v) is 8.50. The van der Waals surface area contributed by atoms with Gasteiger partial charge in [-0.15, -0.1) is 11.3 Å². The van der Waals surface area contributed by atoms with Crippen molar-refractivity contribution >= 4 is 27.0 Å². The van der Waals surface area contributed by atoms with E-state index in [9.17, 15) is 8.42 Å². The van der Waals surface area contributed by atoms with E-state index < -0.39 is 10.0 Å². The number of hydrogen-bond donors (Lipinski definition) is 1. The van der Waals surface area contributed by atoms with Crippen LogP contribution in [0.25, 0.3) is 0 Å². The second-order valence-electron chi connectivity index (χ2n) is 4.82. The summed E-state index contributed by atoms with van der Waals surface area (Å²) in [5.41, 5.74) is 7.83. The van der Waals surface area contributed by atoms with Crippen LogP contribution in [0.4, 0.5) is 5.69 Å². The van der Waals surface area contributed by atoms with Crippen molar-refractivity contribution in [3.8, 4) is 0 Å². The number of aryl methyl sites for hydroxylation is 1.